The third-order valence-corrected chi connectivity index (χ3v) is 5.68. The standard InChI is InChI=1S/C24H22ClN3O3/c25-20-8-4-5-9-22(20)28-14-12-27(13-15-28)18-10-11-21(19(16-18)24(30)31)26-23(29)17-6-2-1-3-7-17/h1-11,16H,12-15H2,(H,26,29)(H,30,31). The van der Waals surface area contributed by atoms with Crippen molar-refractivity contribution in [2.75, 3.05) is 41.3 Å². The van der Waals surface area contributed by atoms with E-state index in [2.05, 4.69) is 15.1 Å². The summed E-state index contributed by atoms with van der Waals surface area (Å²) in [5.41, 5.74) is 2.64. The van der Waals surface area contributed by atoms with Gasteiger partial charge in [-0.25, -0.2) is 4.79 Å². The van der Waals surface area contributed by atoms with Crippen LogP contribution >= 0.6 is 11.6 Å². The maximum atomic E-state index is 12.4. The number of piperazine rings is 1. The Morgan fingerprint density at radius 3 is 2.16 bits per heavy atom. The second-order valence-corrected chi connectivity index (χ2v) is 7.69. The lowest BCUT2D eigenvalue weighted by atomic mass is 10.1. The highest BCUT2D eigenvalue weighted by Gasteiger charge is 2.21. The Morgan fingerprint density at radius 1 is 0.839 bits per heavy atom. The molecule has 0 radical (unpaired) electrons. The molecule has 158 valence electrons. The molecule has 3 aromatic rings. The van der Waals surface area contributed by atoms with Gasteiger partial charge in [-0.1, -0.05) is 41.9 Å². The van der Waals surface area contributed by atoms with Crippen molar-refractivity contribution in [3.05, 3.63) is 88.9 Å². The number of nitrogens with one attached hydrogen (secondary N) is 1. The van der Waals surface area contributed by atoms with E-state index in [1.165, 1.54) is 0 Å². The molecule has 0 aromatic heterocycles. The van der Waals surface area contributed by atoms with Gasteiger partial charge in [-0.15, -0.1) is 0 Å². The summed E-state index contributed by atoms with van der Waals surface area (Å²) in [7, 11) is 0. The Balaban J connectivity index is 1.49. The van der Waals surface area contributed by atoms with Crippen molar-refractivity contribution in [1.82, 2.24) is 0 Å². The summed E-state index contributed by atoms with van der Waals surface area (Å²) in [4.78, 5) is 28.7. The van der Waals surface area contributed by atoms with E-state index in [4.69, 9.17) is 11.6 Å². The molecule has 4 rings (SSSR count). The summed E-state index contributed by atoms with van der Waals surface area (Å²) in [5, 5.41) is 13.1. The lowest BCUT2D eigenvalue weighted by Gasteiger charge is -2.37. The second kappa shape index (κ2) is 9.10. The summed E-state index contributed by atoms with van der Waals surface area (Å²) < 4.78 is 0. The van der Waals surface area contributed by atoms with Crippen LogP contribution in [-0.2, 0) is 0 Å². The van der Waals surface area contributed by atoms with Crippen LogP contribution in [0.25, 0.3) is 0 Å². The van der Waals surface area contributed by atoms with Crippen LogP contribution < -0.4 is 15.1 Å². The fraction of sp³-hybridized carbons (Fsp3) is 0.167. The molecule has 2 N–H and O–H groups in total. The van der Waals surface area contributed by atoms with Crippen molar-refractivity contribution in [3.63, 3.8) is 0 Å². The van der Waals surface area contributed by atoms with Gasteiger partial charge in [0.25, 0.3) is 5.91 Å². The molecule has 0 atom stereocenters. The summed E-state index contributed by atoms with van der Waals surface area (Å²) in [6.07, 6.45) is 0. The third kappa shape index (κ3) is 4.64. The van der Waals surface area contributed by atoms with Gasteiger partial charge in [-0.05, 0) is 42.5 Å². The fourth-order valence-electron chi connectivity index (χ4n) is 3.71. The largest absolute Gasteiger partial charge is 0.478 e. The van der Waals surface area contributed by atoms with E-state index in [9.17, 15) is 14.7 Å². The SMILES string of the molecule is O=C(Nc1ccc(N2CCN(c3ccccc3Cl)CC2)cc1C(=O)O)c1ccccc1. The molecule has 6 nitrogen and oxygen atoms in total. The number of carboxylic acids is 1. The Hall–Kier alpha value is -3.51. The van der Waals surface area contributed by atoms with Crippen LogP contribution in [0.2, 0.25) is 5.02 Å². The van der Waals surface area contributed by atoms with Crippen LogP contribution in [0.3, 0.4) is 0 Å². The van der Waals surface area contributed by atoms with E-state index in [1.807, 2.05) is 36.4 Å². The fourth-order valence-corrected chi connectivity index (χ4v) is 3.97. The van der Waals surface area contributed by atoms with E-state index >= 15 is 0 Å². The molecule has 0 spiro atoms. The minimum atomic E-state index is -1.08. The maximum Gasteiger partial charge on any atom is 0.337 e. The van der Waals surface area contributed by atoms with E-state index in [0.29, 0.717) is 5.56 Å². The molecule has 0 saturated carbocycles. The molecule has 0 aliphatic carbocycles. The summed E-state index contributed by atoms with van der Waals surface area (Å²) in [6, 6.07) is 21.6. The minimum Gasteiger partial charge on any atom is -0.478 e. The predicted molar refractivity (Wildman–Crippen MR) is 124 cm³/mol. The predicted octanol–water partition coefficient (Wildman–Crippen LogP) is 4.62. The number of hydrogen-bond acceptors (Lipinski definition) is 4. The van der Waals surface area contributed by atoms with Gasteiger partial charge in [-0.3, -0.25) is 4.79 Å². The van der Waals surface area contributed by atoms with Gasteiger partial charge in [-0.2, -0.15) is 0 Å². The van der Waals surface area contributed by atoms with Crippen molar-refractivity contribution in [3.8, 4) is 0 Å². The van der Waals surface area contributed by atoms with Crippen molar-refractivity contribution < 1.29 is 14.7 Å². The number of anilines is 3. The average molecular weight is 436 g/mol. The monoisotopic (exact) mass is 435 g/mol. The minimum absolute atomic E-state index is 0.0651. The van der Waals surface area contributed by atoms with Crippen molar-refractivity contribution in [1.29, 1.82) is 0 Å². The van der Waals surface area contributed by atoms with Crippen LogP contribution in [-0.4, -0.2) is 43.2 Å². The maximum absolute atomic E-state index is 12.4. The van der Waals surface area contributed by atoms with Crippen LogP contribution in [0.15, 0.2) is 72.8 Å². The van der Waals surface area contributed by atoms with Crippen molar-refractivity contribution in [2.45, 2.75) is 0 Å². The molecule has 1 aliphatic rings. The highest BCUT2D eigenvalue weighted by Crippen LogP contribution is 2.29. The number of carbonyl (C=O) groups excluding carboxylic acids is 1. The molecule has 1 heterocycles. The molecule has 1 fully saturated rings. The lowest BCUT2D eigenvalue weighted by Crippen LogP contribution is -2.46. The zero-order valence-corrected chi connectivity index (χ0v) is 17.5. The molecule has 1 amide bonds. The number of amides is 1. The second-order valence-electron chi connectivity index (χ2n) is 7.28. The topological polar surface area (TPSA) is 72.9 Å². The number of carbonyl (C=O) groups is 2. The van der Waals surface area contributed by atoms with Crippen LogP contribution in [0.4, 0.5) is 17.1 Å². The van der Waals surface area contributed by atoms with Crippen molar-refractivity contribution in [2.24, 2.45) is 0 Å². The first kappa shape index (κ1) is 20.8. The van der Waals surface area contributed by atoms with E-state index in [1.54, 1.807) is 36.4 Å². The number of aromatic carboxylic acids is 1. The zero-order chi connectivity index (χ0) is 21.8. The quantitative estimate of drug-likeness (QED) is 0.612. The van der Waals surface area contributed by atoms with E-state index in [-0.39, 0.29) is 17.2 Å². The summed E-state index contributed by atoms with van der Waals surface area (Å²) >= 11 is 6.31. The first-order valence-electron chi connectivity index (χ1n) is 10.0. The molecule has 1 saturated heterocycles. The van der Waals surface area contributed by atoms with Gasteiger partial charge in [0, 0.05) is 37.4 Å². The lowest BCUT2D eigenvalue weighted by molar-refractivity contribution is 0.0698. The Bertz CT molecular complexity index is 1100. The smallest absolute Gasteiger partial charge is 0.337 e. The first-order valence-corrected chi connectivity index (χ1v) is 10.4. The average Bonchev–Trinajstić information content (AvgIpc) is 2.80. The number of para-hydroxylation sites is 1. The number of hydrogen-bond donors (Lipinski definition) is 2. The van der Waals surface area contributed by atoms with E-state index in [0.717, 1.165) is 42.6 Å². The third-order valence-electron chi connectivity index (χ3n) is 5.36. The molecular weight excluding hydrogens is 414 g/mol. The number of halogens is 1. The van der Waals surface area contributed by atoms with Gasteiger partial charge < -0.3 is 20.2 Å². The molecular formula is C24H22ClN3O3. The number of nitrogens with zero attached hydrogens (tertiary/aromatic N) is 2. The summed E-state index contributed by atoms with van der Waals surface area (Å²) in [5.74, 6) is -1.43. The van der Waals surface area contributed by atoms with E-state index < -0.39 is 5.97 Å². The summed E-state index contributed by atoms with van der Waals surface area (Å²) in [6.45, 7) is 3.03. The molecule has 0 unspecified atom stereocenters. The van der Waals surface area contributed by atoms with Crippen LogP contribution in [0.5, 0.6) is 0 Å². The molecule has 31 heavy (non-hydrogen) atoms. The Morgan fingerprint density at radius 2 is 1.48 bits per heavy atom. The van der Waals surface area contributed by atoms with Gasteiger partial charge in [0.05, 0.1) is 22.0 Å². The van der Waals surface area contributed by atoms with Gasteiger partial charge in [0.2, 0.25) is 0 Å². The van der Waals surface area contributed by atoms with Gasteiger partial charge in [0.15, 0.2) is 0 Å². The van der Waals surface area contributed by atoms with Gasteiger partial charge >= 0.3 is 5.97 Å². The molecule has 7 heteroatoms. The highest BCUT2D eigenvalue weighted by molar-refractivity contribution is 6.33. The Labute approximate surface area is 185 Å². The molecule has 1 aliphatic heterocycles. The zero-order valence-electron chi connectivity index (χ0n) is 16.8. The number of rotatable bonds is 5. The Kier molecular flexibility index (Phi) is 6.09. The van der Waals surface area contributed by atoms with Crippen LogP contribution in [0.1, 0.15) is 20.7 Å². The van der Waals surface area contributed by atoms with Gasteiger partial charge in [0.1, 0.15) is 0 Å². The first-order chi connectivity index (χ1) is 15.0. The number of benzene rings is 3. The highest BCUT2D eigenvalue weighted by atomic mass is 35.5. The molecule has 3 aromatic carbocycles. The molecule has 0 bridgehead atoms. The van der Waals surface area contributed by atoms with Crippen LogP contribution in [0, 0.1) is 0 Å². The number of carboxylic acid groups (broad SMARTS) is 1. The normalized spacial score (nSPS) is 13.7. The van der Waals surface area contributed by atoms with Crippen molar-refractivity contribution >= 4 is 40.5 Å².